The fourth-order valence-corrected chi connectivity index (χ4v) is 7.35. The minimum Gasteiger partial charge on any atom is -0.481 e. The lowest BCUT2D eigenvalue weighted by Crippen LogP contribution is -2.34. The first kappa shape index (κ1) is 18.9. The van der Waals surface area contributed by atoms with Crippen molar-refractivity contribution in [3.05, 3.63) is 36.0 Å². The van der Waals surface area contributed by atoms with Crippen LogP contribution in [0.4, 0.5) is 0 Å². The fraction of sp³-hybridized carbons (Fsp3) is 0.545. The minimum atomic E-state index is -1.44. The first-order valence-electron chi connectivity index (χ1n) is 10.1. The monoisotopic (exact) mass is 408 g/mol. The van der Waals surface area contributed by atoms with Gasteiger partial charge in [0, 0.05) is 16.7 Å². The van der Waals surface area contributed by atoms with Crippen molar-refractivity contribution in [1.82, 2.24) is 0 Å². The van der Waals surface area contributed by atoms with E-state index in [1.54, 1.807) is 18.2 Å². The Morgan fingerprint density at radius 3 is 2.07 bits per heavy atom. The van der Waals surface area contributed by atoms with Gasteiger partial charge in [-0.1, -0.05) is 36.0 Å². The molecule has 5 aliphatic carbocycles. The molecule has 2 N–H and O–H groups in total. The largest absolute Gasteiger partial charge is 0.481 e. The Morgan fingerprint density at radius 2 is 1.60 bits per heavy atom. The first-order valence-corrected chi connectivity index (χ1v) is 10.1. The highest BCUT2D eigenvalue weighted by Crippen LogP contribution is 2.95. The number of hydrogen-bond acceptors (Lipinski definition) is 6. The van der Waals surface area contributed by atoms with Gasteiger partial charge in [0.05, 0.1) is 17.5 Å². The van der Waals surface area contributed by atoms with Crippen molar-refractivity contribution in [3.63, 3.8) is 0 Å². The summed E-state index contributed by atoms with van der Waals surface area (Å²) in [5, 5.41) is 20.8. The Kier molecular flexibility index (Phi) is 3.62. The molecule has 2 saturated carbocycles. The van der Waals surface area contributed by atoms with E-state index in [0.717, 1.165) is 5.57 Å². The number of hydrogen-bond donors (Lipinski definition) is 2. The topological polar surface area (TPSA) is 133 Å². The molecule has 8 heteroatoms. The van der Waals surface area contributed by atoms with Crippen molar-refractivity contribution in [2.75, 3.05) is 0 Å². The first-order chi connectivity index (χ1) is 14.4. The van der Waals surface area contributed by atoms with Gasteiger partial charge in [-0.3, -0.25) is 9.59 Å². The van der Waals surface area contributed by atoms with Crippen LogP contribution >= 0.6 is 0 Å². The van der Waals surface area contributed by atoms with Crippen LogP contribution in [0.3, 0.4) is 0 Å². The van der Waals surface area contributed by atoms with Crippen LogP contribution in [0.25, 0.3) is 0 Å². The van der Waals surface area contributed by atoms with E-state index in [0.29, 0.717) is 25.7 Å². The van der Waals surface area contributed by atoms with Crippen LogP contribution in [0, 0.1) is 27.6 Å². The quantitative estimate of drug-likeness (QED) is 0.416. The normalized spacial score (nSPS) is 46.7. The third kappa shape index (κ3) is 1.76. The second-order valence-corrected chi connectivity index (χ2v) is 9.00. The summed E-state index contributed by atoms with van der Waals surface area (Å²) < 4.78 is 0. The predicted molar refractivity (Wildman–Crippen MR) is 102 cm³/mol. The van der Waals surface area contributed by atoms with Crippen molar-refractivity contribution in [3.8, 4) is 0 Å². The molecule has 154 valence electrons. The number of isocyanates is 2. The van der Waals surface area contributed by atoms with Crippen LogP contribution in [0.2, 0.25) is 0 Å². The van der Waals surface area contributed by atoms with E-state index in [1.165, 1.54) is 6.08 Å². The van der Waals surface area contributed by atoms with E-state index in [1.807, 2.05) is 18.2 Å². The molecule has 0 aromatic rings. The summed E-state index contributed by atoms with van der Waals surface area (Å²) in [5.41, 5.74) is -3.37. The SMILES string of the molecule is O=C=NC1C=CC2(CC1)C1=CCC3(C(=O)O)C4(C=CC(N=C=O)CC4)C3(C(=O)O)C12. The number of carboxylic acid groups (broad SMARTS) is 2. The van der Waals surface area contributed by atoms with Gasteiger partial charge in [-0.25, -0.2) is 9.59 Å². The number of fused-ring (bicyclic) bond motifs is 7. The molecule has 8 nitrogen and oxygen atoms in total. The predicted octanol–water partition coefficient (Wildman–Crippen LogP) is 2.18. The molecule has 0 aliphatic heterocycles. The lowest BCUT2D eigenvalue weighted by molar-refractivity contribution is -0.155. The van der Waals surface area contributed by atoms with Crippen LogP contribution in [-0.2, 0) is 19.2 Å². The fourth-order valence-electron chi connectivity index (χ4n) is 7.35. The second-order valence-electron chi connectivity index (χ2n) is 9.00. The number of carboxylic acids is 2. The van der Waals surface area contributed by atoms with Crippen molar-refractivity contribution in [2.24, 2.45) is 37.6 Å². The Hall–Kier alpha value is -3.08. The van der Waals surface area contributed by atoms with E-state index in [4.69, 9.17) is 0 Å². The van der Waals surface area contributed by atoms with E-state index < -0.39 is 45.6 Å². The lowest BCUT2D eigenvalue weighted by atomic mass is 9.76. The Bertz CT molecular complexity index is 1060. The molecule has 0 aromatic heterocycles. The van der Waals surface area contributed by atoms with Crippen LogP contribution < -0.4 is 0 Å². The van der Waals surface area contributed by atoms with Gasteiger partial charge < -0.3 is 10.2 Å². The van der Waals surface area contributed by atoms with E-state index in [9.17, 15) is 29.4 Å². The van der Waals surface area contributed by atoms with E-state index in [-0.39, 0.29) is 12.5 Å². The van der Waals surface area contributed by atoms with Gasteiger partial charge in [-0.05, 0) is 32.1 Å². The Morgan fingerprint density at radius 1 is 0.967 bits per heavy atom. The molecule has 0 heterocycles. The molecule has 2 fully saturated rings. The molecular weight excluding hydrogens is 388 g/mol. The van der Waals surface area contributed by atoms with Crippen LogP contribution in [0.1, 0.15) is 32.1 Å². The number of carbonyl (C=O) groups excluding carboxylic acids is 2. The highest BCUT2D eigenvalue weighted by molar-refractivity contribution is 6.00. The molecule has 0 amide bonds. The number of nitrogens with zero attached hydrogens (tertiary/aromatic N) is 2. The van der Waals surface area contributed by atoms with E-state index in [2.05, 4.69) is 9.98 Å². The zero-order chi connectivity index (χ0) is 21.4. The van der Waals surface area contributed by atoms with Gasteiger partial charge in [0.25, 0.3) is 0 Å². The molecule has 7 unspecified atom stereocenters. The second kappa shape index (κ2) is 5.75. The number of carbonyl (C=O) groups is 2. The minimum absolute atomic E-state index is 0.165. The highest BCUT2D eigenvalue weighted by atomic mass is 16.4. The number of aliphatic imine (C=N–C) groups is 2. The summed E-state index contributed by atoms with van der Waals surface area (Å²) in [6.07, 6.45) is 14.3. The molecule has 30 heavy (non-hydrogen) atoms. The van der Waals surface area contributed by atoms with Crippen molar-refractivity contribution < 1.29 is 29.4 Å². The molecule has 2 spiro atoms. The summed E-state index contributed by atoms with van der Waals surface area (Å²) in [5.74, 6) is -2.58. The van der Waals surface area contributed by atoms with Crippen LogP contribution in [0.5, 0.6) is 0 Å². The van der Waals surface area contributed by atoms with Gasteiger partial charge in [0.15, 0.2) is 0 Å². The molecule has 0 aromatic carbocycles. The molecule has 0 radical (unpaired) electrons. The maximum absolute atomic E-state index is 12.8. The third-order valence-electron chi connectivity index (χ3n) is 8.46. The highest BCUT2D eigenvalue weighted by Gasteiger charge is 2.99. The molecular formula is C22H20N2O6. The molecule has 5 aliphatic rings. The van der Waals surface area contributed by atoms with Gasteiger partial charge in [-0.15, -0.1) is 0 Å². The number of aliphatic carboxylic acids is 2. The summed E-state index contributed by atoms with van der Waals surface area (Å²) in [4.78, 5) is 54.1. The van der Waals surface area contributed by atoms with Crippen LogP contribution in [0.15, 0.2) is 45.9 Å². The van der Waals surface area contributed by atoms with Crippen molar-refractivity contribution in [1.29, 1.82) is 0 Å². The van der Waals surface area contributed by atoms with E-state index >= 15 is 0 Å². The molecule has 7 atom stereocenters. The number of allylic oxidation sites excluding steroid dienone is 4. The van der Waals surface area contributed by atoms with Gasteiger partial charge >= 0.3 is 11.9 Å². The maximum Gasteiger partial charge on any atom is 0.312 e. The van der Waals surface area contributed by atoms with Gasteiger partial charge in [0.2, 0.25) is 12.2 Å². The standard InChI is InChI=1S/C22H20N2O6/c25-11-23-13-1-6-19(7-2-13)15-5-10-21(17(27)28)20(22(21,16(15)19)18(29)30)8-3-14(4-9-20)24-12-26/h1,3,5-6,8,13-14,16H,2,4,7,9-10H2,(H,27,28)(H,29,30). The van der Waals surface area contributed by atoms with Gasteiger partial charge in [0.1, 0.15) is 5.41 Å². The summed E-state index contributed by atoms with van der Waals surface area (Å²) in [6, 6.07) is -0.671. The summed E-state index contributed by atoms with van der Waals surface area (Å²) in [6.45, 7) is 0. The molecule has 0 bridgehead atoms. The van der Waals surface area contributed by atoms with Crippen molar-refractivity contribution >= 4 is 24.1 Å². The lowest BCUT2D eigenvalue weighted by Gasteiger charge is -2.27. The Labute approximate surface area is 171 Å². The average molecular weight is 408 g/mol. The summed E-state index contributed by atoms with van der Waals surface area (Å²) in [7, 11) is 0. The molecule has 5 rings (SSSR count). The van der Waals surface area contributed by atoms with Crippen LogP contribution in [-0.4, -0.2) is 46.4 Å². The third-order valence-corrected chi connectivity index (χ3v) is 8.46. The smallest absolute Gasteiger partial charge is 0.312 e. The number of rotatable bonds is 4. The Balaban J connectivity index is 1.63. The zero-order valence-electron chi connectivity index (χ0n) is 16.1. The van der Waals surface area contributed by atoms with Crippen molar-refractivity contribution in [2.45, 2.75) is 44.2 Å². The zero-order valence-corrected chi connectivity index (χ0v) is 16.1. The average Bonchev–Trinajstić information content (AvgIpc) is 3.54. The summed E-state index contributed by atoms with van der Waals surface area (Å²) >= 11 is 0. The molecule has 0 saturated heterocycles. The van der Waals surface area contributed by atoms with Gasteiger partial charge in [-0.2, -0.15) is 9.98 Å². The maximum atomic E-state index is 12.8.